The molecule has 0 heterocycles. The first kappa shape index (κ1) is 11.5. The van der Waals surface area contributed by atoms with Gasteiger partial charge in [0.05, 0.1) is 0 Å². The van der Waals surface area contributed by atoms with Crippen LogP contribution >= 0.6 is 28.6 Å². The van der Waals surface area contributed by atoms with Crippen LogP contribution in [0.5, 0.6) is 0 Å². The minimum absolute atomic E-state index is 0. The third kappa shape index (κ3) is 3.19. The second-order valence-electron chi connectivity index (χ2n) is 1.99. The molecular weight excluding hydrogens is 284 g/mol. The zero-order chi connectivity index (χ0) is 7.56. The topological polar surface area (TPSA) is 0 Å². The van der Waals surface area contributed by atoms with E-state index in [4.69, 9.17) is 11.6 Å². The molecule has 0 N–H and O–H groups in total. The van der Waals surface area contributed by atoms with Crippen LogP contribution in [0.4, 0.5) is 4.39 Å². The van der Waals surface area contributed by atoms with Crippen molar-refractivity contribution in [3.05, 3.63) is 34.6 Å². The Morgan fingerprint density at radius 2 is 2.09 bits per heavy atom. The average molecular weight is 290 g/mol. The second-order valence-corrected chi connectivity index (χ2v) is 3.47. The summed E-state index contributed by atoms with van der Waals surface area (Å²) in [5.74, 6) is -0.182. The van der Waals surface area contributed by atoms with E-state index < -0.39 is 0 Å². The van der Waals surface area contributed by atoms with Gasteiger partial charge in [-0.3, -0.25) is 0 Å². The summed E-state index contributed by atoms with van der Waals surface area (Å²) in [6.45, 7) is 0. The average Bonchev–Trinajstić information content (AvgIpc) is 1.88. The summed E-state index contributed by atoms with van der Waals surface area (Å²) >= 11 is 6.63. The molecule has 0 saturated carbocycles. The van der Waals surface area contributed by atoms with Crippen LogP contribution in [0.1, 0.15) is 5.56 Å². The summed E-state index contributed by atoms with van der Waals surface area (Å²) in [4.78, 5) is 0. The Morgan fingerprint density at radius 3 is 2.55 bits per heavy atom. The molecule has 0 unspecified atom stereocenters. The fraction of sp³-hybridized carbons (Fsp3) is 0.143. The van der Waals surface area contributed by atoms with Crippen LogP contribution in [0.2, 0.25) is 5.02 Å². The molecule has 0 atom stereocenters. The van der Waals surface area contributed by atoms with E-state index in [1.165, 1.54) is 6.07 Å². The van der Waals surface area contributed by atoms with Crippen LogP contribution in [0, 0.1) is 5.82 Å². The molecule has 0 saturated heterocycles. The summed E-state index contributed by atoms with van der Waals surface area (Å²) in [6.07, 6.45) is 0. The summed E-state index contributed by atoms with van der Waals surface area (Å²) in [6, 6.07) is 4.81. The van der Waals surface area contributed by atoms with Crippen LogP contribution in [0.15, 0.2) is 18.2 Å². The van der Waals surface area contributed by atoms with E-state index in [0.29, 0.717) is 5.02 Å². The minimum atomic E-state index is -0.182. The Bertz CT molecular complexity index is 242. The van der Waals surface area contributed by atoms with E-state index in [-0.39, 0.29) is 22.8 Å². The van der Waals surface area contributed by atoms with Crippen LogP contribution in [0.3, 0.4) is 0 Å². The second kappa shape index (κ2) is 5.24. The Kier molecular flexibility index (Phi) is 5.49. The van der Waals surface area contributed by atoms with Gasteiger partial charge in [-0.1, -0.05) is 0 Å². The van der Waals surface area contributed by atoms with Gasteiger partial charge in [0.15, 0.2) is 0 Å². The summed E-state index contributed by atoms with van der Waals surface area (Å²) in [5.41, 5.74) is 0.768. The first-order chi connectivity index (χ1) is 4.74. The van der Waals surface area contributed by atoms with E-state index in [1.807, 2.05) is 0 Å². The normalized spacial score (nSPS) is 9.09. The molecule has 4 heteroatoms. The Labute approximate surface area is 90.6 Å². The van der Waals surface area contributed by atoms with Gasteiger partial charge >= 0.3 is 73.9 Å². The molecule has 1 aromatic rings. The standard InChI is InChI=1S/C7H5ClF.BrH.Zn/c1-5-2-3-6(8)4-7(5)9;;/h2-4H,1H2;1H;. The van der Waals surface area contributed by atoms with E-state index in [9.17, 15) is 4.39 Å². The van der Waals surface area contributed by atoms with Gasteiger partial charge < -0.3 is 0 Å². The van der Waals surface area contributed by atoms with Gasteiger partial charge in [-0.2, -0.15) is 0 Å². The third-order valence-electron chi connectivity index (χ3n) is 1.28. The van der Waals surface area contributed by atoms with Gasteiger partial charge in [0.25, 0.3) is 0 Å². The Hall–Kier alpha value is 0.543. The fourth-order valence-electron chi connectivity index (χ4n) is 0.724. The monoisotopic (exact) mass is 287 g/mol. The van der Waals surface area contributed by atoms with E-state index in [2.05, 4.69) is 0 Å². The van der Waals surface area contributed by atoms with Gasteiger partial charge in [-0.25, -0.2) is 0 Å². The summed E-state index contributed by atoms with van der Waals surface area (Å²) in [5, 5.41) is 1.30. The van der Waals surface area contributed by atoms with Crippen molar-refractivity contribution in [3.63, 3.8) is 0 Å². The van der Waals surface area contributed by atoms with Crippen molar-refractivity contribution in [3.8, 4) is 0 Å². The number of rotatable bonds is 1. The zero-order valence-electron chi connectivity index (χ0n) is 5.81. The molecular formula is C7H6BrClFZn. The van der Waals surface area contributed by atoms with Gasteiger partial charge in [-0.05, 0) is 0 Å². The van der Waals surface area contributed by atoms with Gasteiger partial charge in [0.2, 0.25) is 0 Å². The predicted octanol–water partition coefficient (Wildman–Crippen LogP) is 3.10. The molecule has 1 aromatic carbocycles. The molecule has 1 rings (SSSR count). The van der Waals surface area contributed by atoms with Crippen LogP contribution < -0.4 is 0 Å². The molecule has 0 aromatic heterocycles. The number of hydrogen-bond donors (Lipinski definition) is 0. The molecule has 0 bridgehead atoms. The van der Waals surface area contributed by atoms with Crippen LogP contribution in [0.25, 0.3) is 0 Å². The van der Waals surface area contributed by atoms with Crippen molar-refractivity contribution < 1.29 is 22.7 Å². The summed E-state index contributed by atoms with van der Waals surface area (Å²) < 4.78 is 12.8. The first-order valence-electron chi connectivity index (χ1n) is 2.97. The van der Waals surface area contributed by atoms with Gasteiger partial charge in [-0.15, -0.1) is 17.0 Å². The molecule has 0 aliphatic heterocycles. The van der Waals surface area contributed by atoms with Gasteiger partial charge in [0, 0.05) is 0 Å². The Balaban J connectivity index is 0.000001000. The quantitative estimate of drug-likeness (QED) is 0.697. The van der Waals surface area contributed by atoms with Crippen LogP contribution in [-0.4, -0.2) is 0 Å². The van der Waals surface area contributed by atoms with E-state index in [0.717, 1.165) is 28.9 Å². The zero-order valence-corrected chi connectivity index (χ0v) is 11.2. The van der Waals surface area contributed by atoms with Crippen molar-refractivity contribution in [1.82, 2.24) is 0 Å². The molecule has 11 heavy (non-hydrogen) atoms. The van der Waals surface area contributed by atoms with Crippen molar-refractivity contribution in [2.24, 2.45) is 0 Å². The van der Waals surface area contributed by atoms with E-state index >= 15 is 0 Å². The van der Waals surface area contributed by atoms with Crippen molar-refractivity contribution in [2.45, 2.75) is 5.02 Å². The molecule has 0 nitrogen and oxygen atoms in total. The van der Waals surface area contributed by atoms with Gasteiger partial charge in [0.1, 0.15) is 0 Å². The molecule has 57 valence electrons. The molecule has 0 aliphatic carbocycles. The van der Waals surface area contributed by atoms with Crippen molar-refractivity contribution >= 4 is 28.6 Å². The fourth-order valence-corrected chi connectivity index (χ4v) is 1.73. The van der Waals surface area contributed by atoms with Crippen LogP contribution in [-0.2, 0) is 23.3 Å². The summed E-state index contributed by atoms with van der Waals surface area (Å²) in [7, 11) is 0. The molecule has 0 amide bonds. The maximum absolute atomic E-state index is 12.8. The molecule has 0 radical (unpaired) electrons. The third-order valence-corrected chi connectivity index (χ3v) is 2.65. The SMILES string of the molecule is Br.Fc1cc(Cl)ccc1[CH2][Zn]. The van der Waals surface area contributed by atoms with Crippen molar-refractivity contribution in [1.29, 1.82) is 0 Å². The molecule has 0 spiro atoms. The molecule has 0 fully saturated rings. The first-order valence-corrected chi connectivity index (χ1v) is 5.45. The number of halogens is 3. The Morgan fingerprint density at radius 1 is 1.45 bits per heavy atom. The molecule has 0 aliphatic rings. The number of hydrogen-bond acceptors (Lipinski definition) is 0. The predicted molar refractivity (Wildman–Crippen MR) is 45.4 cm³/mol. The van der Waals surface area contributed by atoms with Crippen molar-refractivity contribution in [2.75, 3.05) is 0 Å². The number of benzene rings is 1. The maximum atomic E-state index is 12.8. The van der Waals surface area contributed by atoms with E-state index in [1.54, 1.807) is 12.1 Å².